The van der Waals surface area contributed by atoms with E-state index in [2.05, 4.69) is 5.32 Å². The first-order valence-electron chi connectivity index (χ1n) is 5.60. The number of aliphatic carboxylic acids is 1. The Hall–Kier alpha value is -1.59. The van der Waals surface area contributed by atoms with Gasteiger partial charge in [0.05, 0.1) is 5.92 Å². The van der Waals surface area contributed by atoms with E-state index in [0.29, 0.717) is 6.54 Å². The van der Waals surface area contributed by atoms with Crippen molar-refractivity contribution >= 4 is 17.8 Å². The van der Waals surface area contributed by atoms with Crippen LogP contribution in [-0.4, -0.2) is 47.4 Å². The summed E-state index contributed by atoms with van der Waals surface area (Å²) in [7, 11) is 1.63. The molecule has 6 heteroatoms. The van der Waals surface area contributed by atoms with Crippen LogP contribution in [0.25, 0.3) is 0 Å². The minimum Gasteiger partial charge on any atom is -0.480 e. The molecule has 0 aromatic carbocycles. The molecule has 0 bridgehead atoms. The molecule has 2 amide bonds. The highest BCUT2D eigenvalue weighted by Crippen LogP contribution is 2.16. The van der Waals surface area contributed by atoms with Gasteiger partial charge in [-0.15, -0.1) is 0 Å². The van der Waals surface area contributed by atoms with E-state index in [4.69, 9.17) is 5.11 Å². The highest BCUT2D eigenvalue weighted by atomic mass is 16.4. The number of nitrogens with one attached hydrogen (secondary N) is 1. The predicted molar refractivity (Wildman–Crippen MR) is 60.1 cm³/mol. The van der Waals surface area contributed by atoms with Crippen LogP contribution in [0.1, 0.15) is 20.3 Å². The second-order valence-corrected chi connectivity index (χ2v) is 4.74. The van der Waals surface area contributed by atoms with Gasteiger partial charge in [0, 0.05) is 20.0 Å². The molecule has 0 saturated carbocycles. The first kappa shape index (κ1) is 13.5. The summed E-state index contributed by atoms with van der Waals surface area (Å²) in [4.78, 5) is 35.5. The monoisotopic (exact) mass is 242 g/mol. The smallest absolute Gasteiger partial charge is 0.326 e. The summed E-state index contributed by atoms with van der Waals surface area (Å²) in [5, 5.41) is 11.4. The van der Waals surface area contributed by atoms with Crippen molar-refractivity contribution in [2.24, 2.45) is 11.8 Å². The lowest BCUT2D eigenvalue weighted by Gasteiger charge is -2.19. The van der Waals surface area contributed by atoms with Gasteiger partial charge < -0.3 is 15.3 Å². The fraction of sp³-hybridized carbons (Fsp3) is 0.727. The standard InChI is InChI=1S/C11H18N2O4/c1-6(2)9(11(16)17)12-10(15)7-4-8(14)13(3)5-7/h6-7,9H,4-5H2,1-3H3,(H,12,15)(H,16,17)/t7?,9-/m0/s1. The lowest BCUT2D eigenvalue weighted by Crippen LogP contribution is -2.47. The zero-order valence-electron chi connectivity index (χ0n) is 10.3. The van der Waals surface area contributed by atoms with E-state index < -0.39 is 17.9 Å². The van der Waals surface area contributed by atoms with Crippen LogP contribution < -0.4 is 5.32 Å². The third-order valence-corrected chi connectivity index (χ3v) is 2.94. The van der Waals surface area contributed by atoms with E-state index in [-0.39, 0.29) is 24.2 Å². The molecule has 17 heavy (non-hydrogen) atoms. The highest BCUT2D eigenvalue weighted by molar-refractivity contribution is 5.91. The van der Waals surface area contributed by atoms with Crippen molar-refractivity contribution in [3.63, 3.8) is 0 Å². The quantitative estimate of drug-likeness (QED) is 0.708. The second-order valence-electron chi connectivity index (χ2n) is 4.74. The summed E-state index contributed by atoms with van der Waals surface area (Å²) >= 11 is 0. The van der Waals surface area contributed by atoms with Gasteiger partial charge in [0.25, 0.3) is 0 Å². The van der Waals surface area contributed by atoms with Gasteiger partial charge in [-0.05, 0) is 5.92 Å². The molecule has 1 aliphatic heterocycles. The van der Waals surface area contributed by atoms with Crippen molar-refractivity contribution in [3.8, 4) is 0 Å². The van der Waals surface area contributed by atoms with Gasteiger partial charge in [0.15, 0.2) is 0 Å². The minimum absolute atomic E-state index is 0.0819. The Morgan fingerprint density at radius 3 is 2.41 bits per heavy atom. The average molecular weight is 242 g/mol. The third-order valence-electron chi connectivity index (χ3n) is 2.94. The molecule has 96 valence electrons. The molecule has 2 atom stereocenters. The SMILES string of the molecule is CC(C)[C@H](NC(=O)C1CC(=O)N(C)C1)C(=O)O. The summed E-state index contributed by atoms with van der Waals surface area (Å²) < 4.78 is 0. The predicted octanol–water partition coefficient (Wildman–Crippen LogP) is -0.310. The number of carboxylic acids is 1. The van der Waals surface area contributed by atoms with Gasteiger partial charge in [-0.25, -0.2) is 4.79 Å². The Kier molecular flexibility index (Phi) is 4.09. The third kappa shape index (κ3) is 3.18. The number of rotatable bonds is 4. The number of carbonyl (C=O) groups excluding carboxylic acids is 2. The normalized spacial score (nSPS) is 21.8. The molecular weight excluding hydrogens is 224 g/mol. The van der Waals surface area contributed by atoms with E-state index in [1.165, 1.54) is 4.90 Å². The van der Waals surface area contributed by atoms with Crippen LogP contribution in [0.2, 0.25) is 0 Å². The Morgan fingerprint density at radius 2 is 2.06 bits per heavy atom. The van der Waals surface area contributed by atoms with E-state index in [9.17, 15) is 14.4 Å². The van der Waals surface area contributed by atoms with Gasteiger partial charge in [0.2, 0.25) is 11.8 Å². The molecule has 2 N–H and O–H groups in total. The Balaban J connectivity index is 2.60. The topological polar surface area (TPSA) is 86.7 Å². The molecule has 6 nitrogen and oxygen atoms in total. The summed E-state index contributed by atoms with van der Waals surface area (Å²) in [5.41, 5.74) is 0. The molecule has 1 heterocycles. The molecule has 0 radical (unpaired) electrons. The molecule has 1 fully saturated rings. The molecular formula is C11H18N2O4. The lowest BCUT2D eigenvalue weighted by molar-refractivity contribution is -0.143. The Morgan fingerprint density at radius 1 is 1.47 bits per heavy atom. The van der Waals surface area contributed by atoms with Gasteiger partial charge in [-0.1, -0.05) is 13.8 Å². The van der Waals surface area contributed by atoms with Crippen LogP contribution in [0.5, 0.6) is 0 Å². The van der Waals surface area contributed by atoms with E-state index in [1.807, 2.05) is 0 Å². The Bertz CT molecular complexity index is 340. The fourth-order valence-corrected chi connectivity index (χ4v) is 1.82. The summed E-state index contributed by atoms with van der Waals surface area (Å²) in [6.45, 7) is 3.81. The van der Waals surface area contributed by atoms with Crippen molar-refractivity contribution in [1.29, 1.82) is 0 Å². The first-order chi connectivity index (χ1) is 7.82. The summed E-state index contributed by atoms with van der Waals surface area (Å²) in [6.07, 6.45) is 0.159. The van der Waals surface area contributed by atoms with Crippen molar-refractivity contribution in [2.75, 3.05) is 13.6 Å². The number of carboxylic acid groups (broad SMARTS) is 1. The molecule has 0 aliphatic carbocycles. The van der Waals surface area contributed by atoms with Crippen LogP contribution >= 0.6 is 0 Å². The molecule has 0 aromatic heterocycles. The zero-order chi connectivity index (χ0) is 13.2. The molecule has 1 saturated heterocycles. The van der Waals surface area contributed by atoms with Gasteiger partial charge in [-0.2, -0.15) is 0 Å². The van der Waals surface area contributed by atoms with Crippen molar-refractivity contribution in [2.45, 2.75) is 26.3 Å². The number of carbonyl (C=O) groups is 3. The second kappa shape index (κ2) is 5.16. The van der Waals surface area contributed by atoms with Crippen molar-refractivity contribution < 1.29 is 19.5 Å². The van der Waals surface area contributed by atoms with Crippen LogP contribution in [-0.2, 0) is 14.4 Å². The summed E-state index contributed by atoms with van der Waals surface area (Å²) in [5.74, 6) is -2.12. The molecule has 1 rings (SSSR count). The maximum absolute atomic E-state index is 11.8. The fourth-order valence-electron chi connectivity index (χ4n) is 1.82. The summed E-state index contributed by atoms with van der Waals surface area (Å²) in [6, 6.07) is -0.900. The maximum Gasteiger partial charge on any atom is 0.326 e. The van der Waals surface area contributed by atoms with Crippen LogP contribution in [0.3, 0.4) is 0 Å². The van der Waals surface area contributed by atoms with Crippen LogP contribution in [0, 0.1) is 11.8 Å². The Labute approximate surface area is 100.0 Å². The number of hydrogen-bond acceptors (Lipinski definition) is 3. The molecule has 1 unspecified atom stereocenters. The average Bonchev–Trinajstić information content (AvgIpc) is 2.54. The number of likely N-dealkylation sites (tertiary alicyclic amines) is 1. The van der Waals surface area contributed by atoms with Crippen molar-refractivity contribution in [3.05, 3.63) is 0 Å². The van der Waals surface area contributed by atoms with Crippen LogP contribution in [0.15, 0.2) is 0 Å². The van der Waals surface area contributed by atoms with E-state index >= 15 is 0 Å². The van der Waals surface area contributed by atoms with E-state index in [0.717, 1.165) is 0 Å². The number of amides is 2. The zero-order valence-corrected chi connectivity index (χ0v) is 10.3. The van der Waals surface area contributed by atoms with Gasteiger partial charge in [-0.3, -0.25) is 9.59 Å². The van der Waals surface area contributed by atoms with Gasteiger partial charge >= 0.3 is 5.97 Å². The van der Waals surface area contributed by atoms with Crippen LogP contribution in [0.4, 0.5) is 0 Å². The molecule has 1 aliphatic rings. The number of nitrogens with zero attached hydrogens (tertiary/aromatic N) is 1. The maximum atomic E-state index is 11.8. The van der Waals surface area contributed by atoms with Crippen molar-refractivity contribution in [1.82, 2.24) is 10.2 Å². The first-order valence-corrected chi connectivity index (χ1v) is 5.60. The highest BCUT2D eigenvalue weighted by Gasteiger charge is 2.34. The van der Waals surface area contributed by atoms with E-state index in [1.54, 1.807) is 20.9 Å². The largest absolute Gasteiger partial charge is 0.480 e. The number of hydrogen-bond donors (Lipinski definition) is 2. The molecule has 0 aromatic rings. The molecule has 0 spiro atoms. The minimum atomic E-state index is -1.05. The lowest BCUT2D eigenvalue weighted by atomic mass is 10.0. The van der Waals surface area contributed by atoms with Gasteiger partial charge in [0.1, 0.15) is 6.04 Å².